The Labute approximate surface area is 201 Å². The van der Waals surface area contributed by atoms with Crippen LogP contribution in [0, 0.1) is 6.92 Å². The number of fused-ring (bicyclic) bond motifs is 1. The Morgan fingerprint density at radius 3 is 2.62 bits per heavy atom. The summed E-state index contributed by atoms with van der Waals surface area (Å²) < 4.78 is 11.0. The molecule has 2 heterocycles. The number of ether oxygens (including phenoxy) is 1. The first kappa shape index (κ1) is 22.4. The predicted octanol–water partition coefficient (Wildman–Crippen LogP) is 5.14. The minimum atomic E-state index is -0.356. The molecule has 2 amide bonds. The van der Waals surface area contributed by atoms with Gasteiger partial charge in [-0.15, -0.1) is 0 Å². The van der Waals surface area contributed by atoms with Gasteiger partial charge in [-0.25, -0.2) is 9.87 Å². The van der Waals surface area contributed by atoms with E-state index in [0.29, 0.717) is 35.0 Å². The van der Waals surface area contributed by atoms with Crippen LogP contribution in [-0.4, -0.2) is 34.8 Å². The van der Waals surface area contributed by atoms with Crippen molar-refractivity contribution in [3.8, 4) is 11.5 Å². The van der Waals surface area contributed by atoms with Crippen molar-refractivity contribution in [3.05, 3.63) is 77.0 Å². The third-order valence-corrected chi connectivity index (χ3v) is 6.35. The summed E-state index contributed by atoms with van der Waals surface area (Å²) in [5.74, 6) is 1.10. The van der Waals surface area contributed by atoms with Gasteiger partial charge in [0.2, 0.25) is 0 Å². The highest BCUT2D eigenvalue weighted by atomic mass is 32.2. The van der Waals surface area contributed by atoms with Crippen molar-refractivity contribution in [2.24, 2.45) is 0 Å². The second-order valence-electron chi connectivity index (χ2n) is 8.23. The Hall–Kier alpha value is -3.40. The fourth-order valence-electron chi connectivity index (χ4n) is 3.79. The number of pyridine rings is 1. The molecule has 8 nitrogen and oxygen atoms in total. The van der Waals surface area contributed by atoms with Crippen LogP contribution in [0.2, 0.25) is 0 Å². The lowest BCUT2D eigenvalue weighted by Gasteiger charge is -2.14. The number of aryl methyl sites for hydroxylation is 1. The van der Waals surface area contributed by atoms with E-state index in [1.165, 1.54) is 7.11 Å². The number of rotatable bonds is 8. The van der Waals surface area contributed by atoms with E-state index in [-0.39, 0.29) is 17.9 Å². The minimum absolute atomic E-state index is 0.0612. The van der Waals surface area contributed by atoms with E-state index in [9.17, 15) is 9.59 Å². The van der Waals surface area contributed by atoms with Gasteiger partial charge < -0.3 is 15.0 Å². The van der Waals surface area contributed by atoms with Crippen molar-refractivity contribution in [3.63, 3.8) is 0 Å². The van der Waals surface area contributed by atoms with Crippen molar-refractivity contribution in [1.82, 2.24) is 9.88 Å². The molecule has 0 saturated heterocycles. The Kier molecular flexibility index (Phi) is 6.23. The molecule has 1 saturated carbocycles. The average molecular weight is 478 g/mol. The number of benzene rings is 2. The molecule has 5 rings (SSSR count). The maximum Gasteiger partial charge on any atom is 0.256 e. The Morgan fingerprint density at radius 1 is 1.15 bits per heavy atom. The van der Waals surface area contributed by atoms with Crippen LogP contribution in [0.15, 0.2) is 59.6 Å². The molecule has 2 aromatic carbocycles. The van der Waals surface area contributed by atoms with Crippen LogP contribution >= 0.6 is 12.0 Å². The van der Waals surface area contributed by atoms with Crippen LogP contribution in [0.4, 0.5) is 5.82 Å². The molecule has 1 N–H and O–H groups in total. The van der Waals surface area contributed by atoms with Crippen LogP contribution in [-0.2, 0) is 15.8 Å². The van der Waals surface area contributed by atoms with Gasteiger partial charge in [-0.05, 0) is 67.8 Å². The summed E-state index contributed by atoms with van der Waals surface area (Å²) in [6, 6.07) is 14.5. The summed E-state index contributed by atoms with van der Waals surface area (Å²) in [6.45, 7) is 2.40. The first-order chi connectivity index (χ1) is 16.5. The summed E-state index contributed by atoms with van der Waals surface area (Å²) in [5.41, 5.74) is 2.63. The number of hydrogen-bond donors (Lipinski definition) is 1. The number of aromatic nitrogens is 1. The van der Waals surface area contributed by atoms with Crippen LogP contribution in [0.3, 0.4) is 0 Å². The molecule has 0 bridgehead atoms. The fourth-order valence-corrected chi connectivity index (χ4v) is 4.19. The second-order valence-corrected chi connectivity index (χ2v) is 9.01. The zero-order chi connectivity index (χ0) is 23.7. The van der Waals surface area contributed by atoms with Gasteiger partial charge in [-0.1, -0.05) is 6.07 Å². The van der Waals surface area contributed by atoms with E-state index in [1.54, 1.807) is 36.5 Å². The highest BCUT2D eigenvalue weighted by molar-refractivity contribution is 7.94. The van der Waals surface area contributed by atoms with E-state index in [2.05, 4.69) is 15.2 Å². The number of nitrogens with one attached hydrogen (secondary N) is 1. The molecular weight excluding hydrogens is 454 g/mol. The van der Waals surface area contributed by atoms with E-state index < -0.39 is 0 Å². The molecule has 0 unspecified atom stereocenters. The molecule has 1 fully saturated rings. The number of hydrogen-bond acceptors (Lipinski definition) is 7. The second kappa shape index (κ2) is 9.46. The zero-order valence-electron chi connectivity index (χ0n) is 18.7. The molecule has 1 aliphatic carbocycles. The molecule has 0 spiro atoms. The normalized spacial score (nSPS) is 14.8. The Balaban J connectivity index is 1.44. The molecule has 1 aromatic heterocycles. The molecule has 174 valence electrons. The smallest absolute Gasteiger partial charge is 0.256 e. The highest BCUT2D eigenvalue weighted by Crippen LogP contribution is 2.40. The van der Waals surface area contributed by atoms with Gasteiger partial charge in [-0.3, -0.25) is 9.59 Å². The summed E-state index contributed by atoms with van der Waals surface area (Å²) in [6.07, 6.45) is 3.69. The van der Waals surface area contributed by atoms with Crippen LogP contribution in [0.5, 0.6) is 11.5 Å². The molecule has 3 aromatic rings. The number of carbonyl (C=O) groups is 2. The average Bonchev–Trinajstić information content (AvgIpc) is 3.63. The summed E-state index contributed by atoms with van der Waals surface area (Å²) in [5, 5.41) is 2.80. The molecule has 0 atom stereocenters. The standard InChI is InChI=1S/C25H23N3O5S/c1-15-3-10-23(26-13-15)27-24(29)16-11-20-21(14-28(25(20)30)17-4-5-17)22(12-16)32-18-6-8-19(9-7-18)34-33-31-2/h3,6-13,17H,4-5,14H2,1-2H3,(H,26,27,29). The lowest BCUT2D eigenvalue weighted by atomic mass is 10.0. The van der Waals surface area contributed by atoms with Crippen molar-refractivity contribution < 1.29 is 23.5 Å². The number of carbonyl (C=O) groups excluding carboxylic acids is 2. The Morgan fingerprint density at radius 2 is 1.94 bits per heavy atom. The van der Waals surface area contributed by atoms with Gasteiger partial charge in [0.05, 0.1) is 25.7 Å². The maximum absolute atomic E-state index is 13.1. The summed E-state index contributed by atoms with van der Waals surface area (Å²) in [4.78, 5) is 37.7. The topological polar surface area (TPSA) is 90.0 Å². The number of anilines is 1. The third kappa shape index (κ3) is 4.77. The largest absolute Gasteiger partial charge is 0.457 e. The van der Waals surface area contributed by atoms with E-state index in [4.69, 9.17) is 9.07 Å². The van der Waals surface area contributed by atoms with E-state index in [0.717, 1.165) is 40.9 Å². The van der Waals surface area contributed by atoms with Crippen molar-refractivity contribution >= 4 is 29.7 Å². The lowest BCUT2D eigenvalue weighted by molar-refractivity contribution is -0.160. The molecule has 2 aliphatic rings. The Bertz CT molecular complexity index is 1230. The quantitative estimate of drug-likeness (QED) is 0.273. The molecule has 0 radical (unpaired) electrons. The van der Waals surface area contributed by atoms with Crippen LogP contribution < -0.4 is 10.1 Å². The SMILES string of the molecule is COOSc1ccc(Oc2cc(C(=O)Nc3ccc(C)cn3)cc3c2CN(C2CC2)C3=O)cc1. The van der Waals surface area contributed by atoms with Crippen molar-refractivity contribution in [2.45, 2.75) is 37.2 Å². The number of amides is 2. The van der Waals surface area contributed by atoms with Gasteiger partial charge in [0.25, 0.3) is 11.8 Å². The minimum Gasteiger partial charge on any atom is -0.457 e. The van der Waals surface area contributed by atoms with Crippen molar-refractivity contribution in [1.29, 1.82) is 0 Å². The molecular formula is C25H23N3O5S. The zero-order valence-corrected chi connectivity index (χ0v) is 19.6. The van der Waals surface area contributed by atoms with Crippen LogP contribution in [0.1, 0.15) is 44.7 Å². The summed E-state index contributed by atoms with van der Waals surface area (Å²) >= 11 is 1.09. The molecule has 1 aliphatic heterocycles. The van der Waals surface area contributed by atoms with Crippen molar-refractivity contribution in [2.75, 3.05) is 12.4 Å². The monoisotopic (exact) mass is 477 g/mol. The molecule has 9 heteroatoms. The first-order valence-electron chi connectivity index (χ1n) is 10.9. The summed E-state index contributed by atoms with van der Waals surface area (Å²) in [7, 11) is 1.44. The number of nitrogens with zero attached hydrogens (tertiary/aromatic N) is 2. The lowest BCUT2D eigenvalue weighted by Crippen LogP contribution is -2.26. The highest BCUT2D eigenvalue weighted by Gasteiger charge is 2.40. The van der Waals surface area contributed by atoms with Crippen LogP contribution in [0.25, 0.3) is 0 Å². The maximum atomic E-state index is 13.1. The van der Waals surface area contributed by atoms with E-state index in [1.807, 2.05) is 30.0 Å². The van der Waals surface area contributed by atoms with Gasteiger partial charge >= 0.3 is 0 Å². The fraction of sp³-hybridized carbons (Fsp3) is 0.240. The first-order valence-corrected chi connectivity index (χ1v) is 11.6. The van der Waals surface area contributed by atoms with Gasteiger partial charge in [-0.2, -0.15) is 4.33 Å². The van der Waals surface area contributed by atoms with Gasteiger partial charge in [0.15, 0.2) is 0 Å². The predicted molar refractivity (Wildman–Crippen MR) is 127 cm³/mol. The van der Waals surface area contributed by atoms with Gasteiger partial charge in [0.1, 0.15) is 17.3 Å². The van der Waals surface area contributed by atoms with Gasteiger partial charge in [0, 0.05) is 33.8 Å². The molecule has 34 heavy (non-hydrogen) atoms. The van der Waals surface area contributed by atoms with E-state index >= 15 is 0 Å². The third-order valence-electron chi connectivity index (χ3n) is 5.68.